The van der Waals surface area contributed by atoms with E-state index in [2.05, 4.69) is 16.8 Å². The van der Waals surface area contributed by atoms with E-state index in [4.69, 9.17) is 0 Å². The van der Waals surface area contributed by atoms with Crippen molar-refractivity contribution in [3.05, 3.63) is 66.1 Å². The van der Waals surface area contributed by atoms with Crippen LogP contribution in [0.5, 0.6) is 0 Å². The van der Waals surface area contributed by atoms with E-state index in [0.717, 1.165) is 38.3 Å². The molecule has 0 unspecified atom stereocenters. The van der Waals surface area contributed by atoms with Crippen molar-refractivity contribution in [3.63, 3.8) is 0 Å². The molecule has 0 atom stereocenters. The summed E-state index contributed by atoms with van der Waals surface area (Å²) in [5.74, 6) is -0.383. The van der Waals surface area contributed by atoms with E-state index in [0.29, 0.717) is 10.9 Å². The maximum Gasteiger partial charge on any atom is 0.268 e. The minimum atomic E-state index is -3.74. The Kier molecular flexibility index (Phi) is 4.75. The smallest absolute Gasteiger partial charge is 0.268 e. The highest BCUT2D eigenvalue weighted by atomic mass is 32.2. The molecular weight excluding hydrogens is 365 g/mol. The molecule has 27 heavy (non-hydrogen) atoms. The molecule has 0 N–H and O–H groups in total. The summed E-state index contributed by atoms with van der Waals surface area (Å²) < 4.78 is 40.9. The number of benzene rings is 2. The summed E-state index contributed by atoms with van der Waals surface area (Å²) in [6.45, 7) is 4.71. The number of likely N-dealkylation sites (N-methyl/N-ethyl adjacent to an activating group) is 1. The molecule has 0 aliphatic carbocycles. The highest BCUT2D eigenvalue weighted by Gasteiger charge is 2.20. The lowest BCUT2D eigenvalue weighted by Crippen LogP contribution is -2.43. The third-order valence-electron chi connectivity index (χ3n) is 5.07. The molecule has 7 heteroatoms. The molecule has 2 aromatic carbocycles. The first kappa shape index (κ1) is 18.2. The minimum Gasteiger partial charge on any atom is -0.304 e. The molecule has 2 heterocycles. The van der Waals surface area contributed by atoms with Crippen molar-refractivity contribution < 1.29 is 12.8 Å². The summed E-state index contributed by atoms with van der Waals surface area (Å²) in [4.78, 5) is 4.87. The van der Waals surface area contributed by atoms with Gasteiger partial charge in [0.1, 0.15) is 5.82 Å². The maximum atomic E-state index is 13.4. The fourth-order valence-corrected chi connectivity index (χ4v) is 4.90. The number of rotatable bonds is 4. The topological polar surface area (TPSA) is 45.6 Å². The van der Waals surface area contributed by atoms with E-state index >= 15 is 0 Å². The number of hydrogen-bond acceptors (Lipinski definition) is 4. The van der Waals surface area contributed by atoms with Crippen LogP contribution in [-0.2, 0) is 16.6 Å². The van der Waals surface area contributed by atoms with Crippen LogP contribution in [0.2, 0.25) is 0 Å². The van der Waals surface area contributed by atoms with Gasteiger partial charge in [0.25, 0.3) is 10.0 Å². The van der Waals surface area contributed by atoms with Crippen LogP contribution in [0, 0.1) is 5.82 Å². The Hall–Kier alpha value is -2.22. The first-order valence-electron chi connectivity index (χ1n) is 8.95. The number of nitrogens with zero attached hydrogens (tertiary/aromatic N) is 3. The highest BCUT2D eigenvalue weighted by Crippen LogP contribution is 2.24. The lowest BCUT2D eigenvalue weighted by Gasteiger charge is -2.32. The van der Waals surface area contributed by atoms with Crippen molar-refractivity contribution >= 4 is 20.9 Å². The van der Waals surface area contributed by atoms with E-state index in [1.807, 2.05) is 6.07 Å². The van der Waals surface area contributed by atoms with Gasteiger partial charge in [-0.05, 0) is 49.0 Å². The van der Waals surface area contributed by atoms with Gasteiger partial charge in [-0.1, -0.05) is 12.1 Å². The Labute approximate surface area is 158 Å². The molecule has 1 fully saturated rings. The summed E-state index contributed by atoms with van der Waals surface area (Å²) >= 11 is 0. The molecule has 4 rings (SSSR count). The molecule has 142 valence electrons. The van der Waals surface area contributed by atoms with E-state index in [1.165, 1.54) is 28.4 Å². The summed E-state index contributed by atoms with van der Waals surface area (Å²) in [6.07, 6.45) is 1.48. The van der Waals surface area contributed by atoms with Crippen LogP contribution in [0.3, 0.4) is 0 Å². The van der Waals surface area contributed by atoms with Crippen LogP contribution in [-0.4, -0.2) is 55.4 Å². The van der Waals surface area contributed by atoms with E-state index in [-0.39, 0.29) is 10.7 Å². The molecule has 1 saturated heterocycles. The summed E-state index contributed by atoms with van der Waals surface area (Å²) in [7, 11) is -1.63. The Morgan fingerprint density at radius 3 is 2.56 bits per heavy atom. The van der Waals surface area contributed by atoms with Crippen molar-refractivity contribution in [3.8, 4) is 0 Å². The van der Waals surface area contributed by atoms with E-state index in [1.54, 1.807) is 24.3 Å². The normalized spacial score (nSPS) is 16.8. The largest absolute Gasteiger partial charge is 0.304 e. The number of fused-ring (bicyclic) bond motifs is 1. The number of piperazine rings is 1. The van der Waals surface area contributed by atoms with Gasteiger partial charge in [0, 0.05) is 44.3 Å². The van der Waals surface area contributed by atoms with Crippen molar-refractivity contribution in [2.75, 3.05) is 33.2 Å². The van der Waals surface area contributed by atoms with Crippen molar-refractivity contribution in [1.82, 2.24) is 13.8 Å². The highest BCUT2D eigenvalue weighted by molar-refractivity contribution is 7.90. The maximum absolute atomic E-state index is 13.4. The van der Waals surface area contributed by atoms with Gasteiger partial charge in [0.2, 0.25) is 0 Å². The second-order valence-corrected chi connectivity index (χ2v) is 8.86. The lowest BCUT2D eigenvalue weighted by molar-refractivity contribution is 0.148. The summed E-state index contributed by atoms with van der Waals surface area (Å²) in [5, 5.41) is 0.562. The minimum absolute atomic E-state index is 0.246. The Bertz CT molecular complexity index is 1070. The Morgan fingerprint density at radius 2 is 1.78 bits per heavy atom. The third kappa shape index (κ3) is 3.63. The van der Waals surface area contributed by atoms with E-state index in [9.17, 15) is 12.8 Å². The van der Waals surface area contributed by atoms with Crippen LogP contribution >= 0.6 is 0 Å². The molecule has 0 radical (unpaired) electrons. The quantitative estimate of drug-likeness (QED) is 0.691. The number of aromatic nitrogens is 1. The molecule has 1 aromatic heterocycles. The van der Waals surface area contributed by atoms with Gasteiger partial charge in [0.15, 0.2) is 0 Å². The standard InChI is InChI=1S/C20H22FN3O2S/c1-22-9-11-23(12-10-22)15-16-3-2-4-19(13-16)27(25,26)24-8-7-17-14-18(21)5-6-20(17)24/h2-8,13-14H,9-12,15H2,1H3. The zero-order chi connectivity index (χ0) is 19.0. The van der Waals surface area contributed by atoms with Gasteiger partial charge in [-0.3, -0.25) is 4.90 Å². The SMILES string of the molecule is CN1CCN(Cc2cccc(S(=O)(=O)n3ccc4cc(F)ccc43)c2)CC1. The lowest BCUT2D eigenvalue weighted by atomic mass is 10.2. The molecule has 3 aromatic rings. The fraction of sp³-hybridized carbons (Fsp3) is 0.300. The Morgan fingerprint density at radius 1 is 1.00 bits per heavy atom. The molecule has 0 spiro atoms. The number of halogens is 1. The van der Waals surface area contributed by atoms with Crippen LogP contribution in [0.15, 0.2) is 59.6 Å². The molecular formula is C20H22FN3O2S. The molecule has 1 aliphatic heterocycles. The third-order valence-corrected chi connectivity index (χ3v) is 6.76. The number of hydrogen-bond donors (Lipinski definition) is 0. The van der Waals surface area contributed by atoms with Gasteiger partial charge in [-0.15, -0.1) is 0 Å². The fourth-order valence-electron chi connectivity index (χ4n) is 3.48. The van der Waals surface area contributed by atoms with Crippen LogP contribution in [0.4, 0.5) is 4.39 Å². The second-order valence-electron chi connectivity index (χ2n) is 7.05. The van der Waals surface area contributed by atoms with Gasteiger partial charge in [0.05, 0.1) is 10.4 Å². The predicted octanol–water partition coefficient (Wildman–Crippen LogP) is 2.76. The average molecular weight is 387 g/mol. The molecule has 1 aliphatic rings. The van der Waals surface area contributed by atoms with Crippen LogP contribution in [0.25, 0.3) is 10.9 Å². The van der Waals surface area contributed by atoms with Crippen LogP contribution < -0.4 is 0 Å². The second kappa shape index (κ2) is 7.07. The van der Waals surface area contributed by atoms with E-state index < -0.39 is 10.0 Å². The van der Waals surface area contributed by atoms with Crippen molar-refractivity contribution in [2.45, 2.75) is 11.4 Å². The van der Waals surface area contributed by atoms with Gasteiger partial charge in [-0.2, -0.15) is 0 Å². The summed E-state index contributed by atoms with van der Waals surface area (Å²) in [6, 6.07) is 12.8. The molecule has 0 amide bonds. The monoisotopic (exact) mass is 387 g/mol. The van der Waals surface area contributed by atoms with Crippen molar-refractivity contribution in [2.24, 2.45) is 0 Å². The summed E-state index contributed by atoms with van der Waals surface area (Å²) in [5.41, 5.74) is 1.45. The average Bonchev–Trinajstić information content (AvgIpc) is 3.07. The molecule has 0 saturated carbocycles. The zero-order valence-corrected chi connectivity index (χ0v) is 16.0. The zero-order valence-electron chi connectivity index (χ0n) is 15.2. The van der Waals surface area contributed by atoms with Gasteiger partial charge < -0.3 is 4.90 Å². The van der Waals surface area contributed by atoms with Gasteiger partial charge >= 0.3 is 0 Å². The Balaban J connectivity index is 1.64. The van der Waals surface area contributed by atoms with Crippen molar-refractivity contribution in [1.29, 1.82) is 0 Å². The van der Waals surface area contributed by atoms with Crippen LogP contribution in [0.1, 0.15) is 5.56 Å². The first-order chi connectivity index (χ1) is 12.9. The van der Waals surface area contributed by atoms with Gasteiger partial charge in [-0.25, -0.2) is 16.8 Å². The first-order valence-corrected chi connectivity index (χ1v) is 10.4. The predicted molar refractivity (Wildman–Crippen MR) is 104 cm³/mol. The molecule has 0 bridgehead atoms. The molecule has 5 nitrogen and oxygen atoms in total.